The molecular formula is C28H31Cl2N3O5S. The number of nitrogens with zero attached hydrogens (tertiary/aromatic N) is 2. The summed E-state index contributed by atoms with van der Waals surface area (Å²) in [6.07, 6.45) is 0. The number of benzene rings is 3. The zero-order chi connectivity index (χ0) is 28.6. The second-order valence-electron chi connectivity index (χ2n) is 8.61. The summed E-state index contributed by atoms with van der Waals surface area (Å²) in [7, 11) is -4.20. The van der Waals surface area contributed by atoms with E-state index < -0.39 is 28.5 Å². The van der Waals surface area contributed by atoms with Crippen molar-refractivity contribution in [2.24, 2.45) is 0 Å². The molecule has 0 radical (unpaired) electrons. The number of ether oxygens (including phenoxy) is 1. The highest BCUT2D eigenvalue weighted by molar-refractivity contribution is 7.92. The van der Waals surface area contributed by atoms with E-state index in [9.17, 15) is 18.0 Å². The van der Waals surface area contributed by atoms with Crippen LogP contribution in [0, 0.1) is 0 Å². The average molecular weight is 593 g/mol. The van der Waals surface area contributed by atoms with Gasteiger partial charge in [0, 0.05) is 23.1 Å². The zero-order valence-corrected chi connectivity index (χ0v) is 24.3. The molecule has 0 saturated carbocycles. The molecule has 0 aromatic heterocycles. The Kier molecular flexibility index (Phi) is 10.6. The Morgan fingerprint density at radius 3 is 2.21 bits per heavy atom. The number of carbonyl (C=O) groups excluding carboxylic acids is 2. The molecule has 11 heteroatoms. The van der Waals surface area contributed by atoms with Crippen LogP contribution in [-0.4, -0.2) is 50.9 Å². The number of nitrogens with one attached hydrogen (secondary N) is 1. The maximum Gasteiger partial charge on any atom is 0.264 e. The summed E-state index contributed by atoms with van der Waals surface area (Å²) in [6, 6.07) is 18.2. The van der Waals surface area contributed by atoms with Crippen LogP contribution in [0.25, 0.3) is 0 Å². The van der Waals surface area contributed by atoms with Gasteiger partial charge in [-0.15, -0.1) is 0 Å². The van der Waals surface area contributed by atoms with Gasteiger partial charge in [-0.2, -0.15) is 0 Å². The van der Waals surface area contributed by atoms with E-state index in [0.717, 1.165) is 4.31 Å². The lowest BCUT2D eigenvalue weighted by atomic mass is 10.1. The van der Waals surface area contributed by atoms with Gasteiger partial charge < -0.3 is 15.0 Å². The lowest BCUT2D eigenvalue weighted by Crippen LogP contribution is -2.51. The van der Waals surface area contributed by atoms with Crippen molar-refractivity contribution in [1.29, 1.82) is 0 Å². The fourth-order valence-electron chi connectivity index (χ4n) is 3.87. The third kappa shape index (κ3) is 7.88. The SMILES string of the molecule is CCNC(=O)[C@@H](C)N(Cc1cccc(Cl)c1)C(=O)CN(c1ccc(OCC)cc1)S(=O)(=O)c1ccc(Cl)cc1. The van der Waals surface area contributed by atoms with Crippen LogP contribution < -0.4 is 14.4 Å². The molecule has 3 aromatic rings. The number of sulfonamides is 1. The van der Waals surface area contributed by atoms with Gasteiger partial charge in [-0.1, -0.05) is 35.3 Å². The lowest BCUT2D eigenvalue weighted by molar-refractivity contribution is -0.139. The highest BCUT2D eigenvalue weighted by Gasteiger charge is 2.32. The van der Waals surface area contributed by atoms with Gasteiger partial charge in [-0.3, -0.25) is 13.9 Å². The molecule has 1 N–H and O–H groups in total. The van der Waals surface area contributed by atoms with Crippen LogP contribution in [0.2, 0.25) is 10.0 Å². The Bertz CT molecular complexity index is 1380. The molecule has 8 nitrogen and oxygen atoms in total. The molecule has 0 fully saturated rings. The normalized spacial score (nSPS) is 11.9. The molecule has 0 aliphatic rings. The Labute approximate surface area is 239 Å². The van der Waals surface area contributed by atoms with Gasteiger partial charge in [-0.25, -0.2) is 8.42 Å². The first-order chi connectivity index (χ1) is 18.6. The van der Waals surface area contributed by atoms with E-state index in [2.05, 4.69) is 5.32 Å². The monoisotopic (exact) mass is 591 g/mol. The van der Waals surface area contributed by atoms with Gasteiger partial charge in [0.05, 0.1) is 17.2 Å². The molecule has 0 heterocycles. The summed E-state index contributed by atoms with van der Waals surface area (Å²) in [4.78, 5) is 27.9. The fraction of sp³-hybridized carbons (Fsp3) is 0.286. The minimum absolute atomic E-state index is 0.0354. The highest BCUT2D eigenvalue weighted by atomic mass is 35.5. The van der Waals surface area contributed by atoms with Gasteiger partial charge in [0.25, 0.3) is 10.0 Å². The number of halogens is 2. The molecule has 0 aliphatic heterocycles. The van der Waals surface area contributed by atoms with E-state index in [1.807, 2.05) is 6.92 Å². The van der Waals surface area contributed by atoms with E-state index >= 15 is 0 Å². The Morgan fingerprint density at radius 1 is 0.949 bits per heavy atom. The molecule has 208 valence electrons. The first kappa shape index (κ1) is 30.3. The molecule has 0 spiro atoms. The van der Waals surface area contributed by atoms with Crippen molar-refractivity contribution >= 4 is 50.7 Å². The molecule has 0 unspecified atom stereocenters. The van der Waals surface area contributed by atoms with Crippen LogP contribution >= 0.6 is 23.2 Å². The van der Waals surface area contributed by atoms with Gasteiger partial charge in [-0.05, 0) is 87.0 Å². The van der Waals surface area contributed by atoms with Gasteiger partial charge >= 0.3 is 0 Å². The van der Waals surface area contributed by atoms with E-state index in [4.69, 9.17) is 27.9 Å². The molecule has 3 aromatic carbocycles. The van der Waals surface area contributed by atoms with E-state index in [1.54, 1.807) is 62.4 Å². The molecule has 0 aliphatic carbocycles. The van der Waals surface area contributed by atoms with Crippen molar-refractivity contribution in [3.63, 3.8) is 0 Å². The average Bonchev–Trinajstić information content (AvgIpc) is 2.91. The summed E-state index contributed by atoms with van der Waals surface area (Å²) in [5.74, 6) is -0.370. The Balaban J connectivity index is 2.03. The van der Waals surface area contributed by atoms with Gasteiger partial charge in [0.2, 0.25) is 11.8 Å². The minimum atomic E-state index is -4.20. The quantitative estimate of drug-likeness (QED) is 0.314. The maximum absolute atomic E-state index is 13.8. The van der Waals surface area contributed by atoms with Crippen molar-refractivity contribution in [3.8, 4) is 5.75 Å². The summed E-state index contributed by atoms with van der Waals surface area (Å²) < 4.78 is 34.1. The molecular weight excluding hydrogens is 561 g/mol. The predicted molar refractivity (Wildman–Crippen MR) is 154 cm³/mol. The summed E-state index contributed by atoms with van der Waals surface area (Å²) >= 11 is 12.1. The lowest BCUT2D eigenvalue weighted by Gasteiger charge is -2.32. The fourth-order valence-corrected chi connectivity index (χ4v) is 5.63. The summed E-state index contributed by atoms with van der Waals surface area (Å²) in [5, 5.41) is 3.58. The van der Waals surface area contributed by atoms with Crippen molar-refractivity contribution < 1.29 is 22.7 Å². The number of carbonyl (C=O) groups is 2. The highest BCUT2D eigenvalue weighted by Crippen LogP contribution is 2.27. The van der Waals surface area contributed by atoms with Gasteiger partial charge in [0.1, 0.15) is 18.3 Å². The second kappa shape index (κ2) is 13.7. The molecule has 0 bridgehead atoms. The number of amides is 2. The smallest absolute Gasteiger partial charge is 0.264 e. The number of hydrogen-bond acceptors (Lipinski definition) is 5. The molecule has 1 atom stereocenters. The van der Waals surface area contributed by atoms with E-state index in [1.165, 1.54) is 29.2 Å². The van der Waals surface area contributed by atoms with Crippen LogP contribution in [0.15, 0.2) is 77.7 Å². The van der Waals surface area contributed by atoms with Crippen molar-refractivity contribution in [1.82, 2.24) is 10.2 Å². The van der Waals surface area contributed by atoms with Crippen LogP contribution in [0.3, 0.4) is 0 Å². The van der Waals surface area contributed by atoms with Crippen molar-refractivity contribution in [2.45, 2.75) is 38.3 Å². The Hall–Kier alpha value is -3.27. The largest absolute Gasteiger partial charge is 0.494 e. The first-order valence-corrected chi connectivity index (χ1v) is 14.6. The topological polar surface area (TPSA) is 96.0 Å². The van der Waals surface area contributed by atoms with Crippen LogP contribution in [0.1, 0.15) is 26.3 Å². The number of likely N-dealkylation sites (N-methyl/N-ethyl adjacent to an activating group) is 1. The standard InChI is InChI=1S/C28H31Cl2N3O5S/c1-4-31-28(35)20(3)32(18-21-7-6-8-23(30)17-21)27(34)19-33(24-11-13-25(14-12-24)38-5-2)39(36,37)26-15-9-22(29)10-16-26/h6-17,20H,4-5,18-19H2,1-3H3,(H,31,35)/t20-/m1/s1. The van der Waals surface area contributed by atoms with Crippen LogP contribution in [0.5, 0.6) is 5.75 Å². The van der Waals surface area contributed by atoms with Gasteiger partial charge in [0.15, 0.2) is 0 Å². The minimum Gasteiger partial charge on any atom is -0.494 e. The predicted octanol–water partition coefficient (Wildman–Crippen LogP) is 5.14. The van der Waals surface area contributed by atoms with Crippen LogP contribution in [-0.2, 0) is 26.2 Å². The van der Waals surface area contributed by atoms with Crippen molar-refractivity contribution in [2.75, 3.05) is 24.0 Å². The maximum atomic E-state index is 13.8. The summed E-state index contributed by atoms with van der Waals surface area (Å²) in [5.41, 5.74) is 0.954. The second-order valence-corrected chi connectivity index (χ2v) is 11.3. The van der Waals surface area contributed by atoms with Crippen LogP contribution in [0.4, 0.5) is 5.69 Å². The summed E-state index contributed by atoms with van der Waals surface area (Å²) in [6.45, 7) is 5.54. The first-order valence-electron chi connectivity index (χ1n) is 12.4. The molecule has 2 amide bonds. The number of anilines is 1. The number of hydrogen-bond donors (Lipinski definition) is 1. The van der Waals surface area contributed by atoms with Crippen molar-refractivity contribution in [3.05, 3.63) is 88.4 Å². The third-order valence-electron chi connectivity index (χ3n) is 5.88. The van der Waals surface area contributed by atoms with E-state index in [-0.39, 0.29) is 23.0 Å². The van der Waals surface area contributed by atoms with E-state index in [0.29, 0.717) is 34.5 Å². The molecule has 0 saturated heterocycles. The molecule has 39 heavy (non-hydrogen) atoms. The number of rotatable bonds is 12. The zero-order valence-electron chi connectivity index (χ0n) is 21.9. The Morgan fingerprint density at radius 2 is 1.62 bits per heavy atom. The molecule has 3 rings (SSSR count). The third-order valence-corrected chi connectivity index (χ3v) is 8.15.